The molecule has 0 unspecified atom stereocenters. The van der Waals surface area contributed by atoms with Gasteiger partial charge in [-0.15, -0.1) is 0 Å². The fraction of sp³-hybridized carbons (Fsp3) is 0.0741. The van der Waals surface area contributed by atoms with E-state index in [0.717, 1.165) is 0 Å². The topological polar surface area (TPSA) is 12.9 Å². The Kier molecular flexibility index (Phi) is 3.95. The van der Waals surface area contributed by atoms with Crippen molar-refractivity contribution in [3.63, 3.8) is 0 Å². The molecule has 0 saturated carbocycles. The lowest BCUT2D eigenvalue weighted by Gasteiger charge is -2.18. The molecule has 1 heteroatoms. The summed E-state index contributed by atoms with van der Waals surface area (Å²) in [6, 6.07) is 28.3. The van der Waals surface area contributed by atoms with E-state index in [4.69, 9.17) is 0 Å². The van der Waals surface area contributed by atoms with E-state index < -0.39 is 0 Å². The summed E-state index contributed by atoms with van der Waals surface area (Å²) in [6.45, 7) is 4.34. The maximum Gasteiger partial charge on any atom is 0.0353 e. The first kappa shape index (κ1) is 16.7. The lowest BCUT2D eigenvalue weighted by atomic mass is 9.85. The molecule has 28 heavy (non-hydrogen) atoms. The van der Waals surface area contributed by atoms with Gasteiger partial charge in [-0.3, -0.25) is 4.98 Å². The van der Waals surface area contributed by atoms with E-state index in [0.29, 0.717) is 0 Å². The zero-order chi connectivity index (χ0) is 19.1. The van der Waals surface area contributed by atoms with Crippen LogP contribution in [-0.4, -0.2) is 4.98 Å². The minimum atomic E-state index is 1.20. The van der Waals surface area contributed by atoms with Crippen molar-refractivity contribution in [2.24, 2.45) is 0 Å². The van der Waals surface area contributed by atoms with Gasteiger partial charge in [-0.1, -0.05) is 78.4 Å². The average molecular weight is 359 g/mol. The van der Waals surface area contributed by atoms with Crippen LogP contribution in [0.5, 0.6) is 0 Å². The van der Waals surface area contributed by atoms with Gasteiger partial charge in [0, 0.05) is 17.8 Å². The molecule has 0 amide bonds. The van der Waals surface area contributed by atoms with Gasteiger partial charge in [0.25, 0.3) is 0 Å². The first-order chi connectivity index (χ1) is 13.7. The summed E-state index contributed by atoms with van der Waals surface area (Å²) in [5.74, 6) is 0. The van der Waals surface area contributed by atoms with Crippen LogP contribution >= 0.6 is 0 Å². The number of benzene rings is 4. The van der Waals surface area contributed by atoms with E-state index in [1.807, 2.05) is 12.4 Å². The third-order valence-electron chi connectivity index (χ3n) is 5.54. The Labute approximate surface area is 165 Å². The summed E-state index contributed by atoms with van der Waals surface area (Å²) < 4.78 is 0. The van der Waals surface area contributed by atoms with Gasteiger partial charge in [0.15, 0.2) is 0 Å². The molecule has 4 aromatic carbocycles. The lowest BCUT2D eigenvalue weighted by molar-refractivity contribution is 1.36. The molecule has 1 nitrogen and oxygen atoms in total. The fourth-order valence-electron chi connectivity index (χ4n) is 4.32. The number of nitrogens with zero attached hydrogens (tertiary/aromatic N) is 1. The van der Waals surface area contributed by atoms with E-state index in [1.54, 1.807) is 0 Å². The van der Waals surface area contributed by atoms with Crippen molar-refractivity contribution < 1.29 is 0 Å². The van der Waals surface area contributed by atoms with Gasteiger partial charge in [-0.25, -0.2) is 0 Å². The summed E-state index contributed by atoms with van der Waals surface area (Å²) in [7, 11) is 0. The zero-order valence-electron chi connectivity index (χ0n) is 16.1. The van der Waals surface area contributed by atoms with Gasteiger partial charge in [-0.05, 0) is 63.9 Å². The van der Waals surface area contributed by atoms with Crippen molar-refractivity contribution in [1.29, 1.82) is 0 Å². The summed E-state index contributed by atoms with van der Waals surface area (Å²) in [4.78, 5) is 4.49. The molecule has 0 radical (unpaired) electrons. The van der Waals surface area contributed by atoms with Crippen molar-refractivity contribution in [2.45, 2.75) is 13.8 Å². The van der Waals surface area contributed by atoms with E-state index in [-0.39, 0.29) is 0 Å². The molecule has 0 atom stereocenters. The monoisotopic (exact) mass is 359 g/mol. The number of hydrogen-bond acceptors (Lipinski definition) is 1. The van der Waals surface area contributed by atoms with Crippen molar-refractivity contribution in [3.8, 4) is 22.3 Å². The second-order valence-electron chi connectivity index (χ2n) is 7.40. The molecule has 0 N–H and O–H groups in total. The van der Waals surface area contributed by atoms with Crippen LogP contribution < -0.4 is 0 Å². The fourth-order valence-corrected chi connectivity index (χ4v) is 4.32. The number of pyridine rings is 1. The van der Waals surface area contributed by atoms with Crippen LogP contribution in [0, 0.1) is 13.8 Å². The van der Waals surface area contributed by atoms with Crippen LogP contribution in [0.3, 0.4) is 0 Å². The molecule has 0 aliphatic carbocycles. The maximum atomic E-state index is 4.49. The molecule has 0 aliphatic heterocycles. The van der Waals surface area contributed by atoms with E-state index >= 15 is 0 Å². The highest BCUT2D eigenvalue weighted by Crippen LogP contribution is 2.43. The lowest BCUT2D eigenvalue weighted by Crippen LogP contribution is -1.93. The Morgan fingerprint density at radius 2 is 1.29 bits per heavy atom. The molecule has 1 aromatic heterocycles. The molecule has 0 aliphatic rings. The highest BCUT2D eigenvalue weighted by molar-refractivity contribution is 6.21. The van der Waals surface area contributed by atoms with Crippen LogP contribution in [0.1, 0.15) is 11.1 Å². The second-order valence-corrected chi connectivity index (χ2v) is 7.40. The summed E-state index contributed by atoms with van der Waals surface area (Å²) in [5.41, 5.74) is 7.65. The molecular formula is C27H21N. The van der Waals surface area contributed by atoms with E-state index in [2.05, 4.69) is 97.7 Å². The predicted octanol–water partition coefficient (Wildman–Crippen LogP) is 7.34. The predicted molar refractivity (Wildman–Crippen MR) is 120 cm³/mol. The van der Waals surface area contributed by atoms with Crippen LogP contribution in [0.15, 0.2) is 91.3 Å². The number of hydrogen-bond donors (Lipinski definition) is 0. The molecular weight excluding hydrogens is 338 g/mol. The Hall–Kier alpha value is -3.45. The van der Waals surface area contributed by atoms with Gasteiger partial charge in [0.1, 0.15) is 0 Å². The van der Waals surface area contributed by atoms with Gasteiger partial charge in [0.05, 0.1) is 0 Å². The molecule has 0 spiro atoms. The van der Waals surface area contributed by atoms with Gasteiger partial charge in [-0.2, -0.15) is 0 Å². The Balaban J connectivity index is 2.01. The first-order valence-electron chi connectivity index (χ1n) is 9.65. The molecule has 134 valence electrons. The molecule has 5 aromatic rings. The molecule has 0 bridgehead atoms. The van der Waals surface area contributed by atoms with Crippen molar-refractivity contribution in [3.05, 3.63) is 102 Å². The normalized spacial score (nSPS) is 11.2. The third kappa shape index (κ3) is 2.59. The highest BCUT2D eigenvalue weighted by atomic mass is 14.6. The van der Waals surface area contributed by atoms with Crippen LogP contribution in [0.4, 0.5) is 0 Å². The molecule has 5 rings (SSSR count). The summed E-state index contributed by atoms with van der Waals surface area (Å²) in [6.07, 6.45) is 3.91. The largest absolute Gasteiger partial charge is 0.264 e. The highest BCUT2D eigenvalue weighted by Gasteiger charge is 2.17. The zero-order valence-corrected chi connectivity index (χ0v) is 16.1. The molecule has 1 heterocycles. The van der Waals surface area contributed by atoms with E-state index in [9.17, 15) is 0 Å². The first-order valence-corrected chi connectivity index (χ1v) is 9.65. The summed E-state index contributed by atoms with van der Waals surface area (Å²) >= 11 is 0. The van der Waals surface area contributed by atoms with Crippen LogP contribution in [0.25, 0.3) is 43.8 Å². The van der Waals surface area contributed by atoms with Crippen LogP contribution in [0.2, 0.25) is 0 Å². The Morgan fingerprint density at radius 3 is 2.04 bits per heavy atom. The van der Waals surface area contributed by atoms with Gasteiger partial charge in [0.2, 0.25) is 0 Å². The standard InChI is InChI=1S/C27H21N/c1-18-12-13-21(19(2)16-18)27-23-11-7-6-10-22(23)26(20-8-4-3-5-9-20)24-14-15-28-17-25(24)27/h3-17H,1-2H3. The van der Waals surface area contributed by atoms with Gasteiger partial charge < -0.3 is 0 Å². The number of fused-ring (bicyclic) bond motifs is 2. The quantitative estimate of drug-likeness (QED) is 0.300. The van der Waals surface area contributed by atoms with E-state index in [1.165, 1.54) is 54.9 Å². The maximum absolute atomic E-state index is 4.49. The molecule has 0 saturated heterocycles. The number of aromatic nitrogens is 1. The molecule has 0 fully saturated rings. The van der Waals surface area contributed by atoms with Crippen molar-refractivity contribution in [1.82, 2.24) is 4.98 Å². The minimum Gasteiger partial charge on any atom is -0.264 e. The minimum absolute atomic E-state index is 1.20. The van der Waals surface area contributed by atoms with Gasteiger partial charge >= 0.3 is 0 Å². The van der Waals surface area contributed by atoms with Crippen LogP contribution in [-0.2, 0) is 0 Å². The smallest absolute Gasteiger partial charge is 0.0353 e. The summed E-state index contributed by atoms with van der Waals surface area (Å²) in [5, 5.41) is 5.00. The average Bonchev–Trinajstić information content (AvgIpc) is 2.73. The number of rotatable bonds is 2. The SMILES string of the molecule is Cc1ccc(-c2c3ccccc3c(-c3ccccc3)c3ccncc23)c(C)c1. The third-order valence-corrected chi connectivity index (χ3v) is 5.54. The number of aryl methyl sites for hydroxylation is 2. The van der Waals surface area contributed by atoms with Crippen molar-refractivity contribution in [2.75, 3.05) is 0 Å². The second kappa shape index (κ2) is 6.61. The van der Waals surface area contributed by atoms with Crippen molar-refractivity contribution >= 4 is 21.5 Å². The Bertz CT molecular complexity index is 1260. The Morgan fingerprint density at radius 1 is 0.607 bits per heavy atom.